The van der Waals surface area contributed by atoms with Crippen molar-refractivity contribution in [2.75, 3.05) is 93.8 Å². The largest absolute Gasteiger partial charge is 0.395 e. The van der Waals surface area contributed by atoms with Gasteiger partial charge in [-0.05, 0) is 21.1 Å². The van der Waals surface area contributed by atoms with Crippen molar-refractivity contribution in [3.8, 4) is 0 Å². The summed E-state index contributed by atoms with van der Waals surface area (Å²) in [5, 5.41) is 21.3. The lowest BCUT2D eigenvalue weighted by Gasteiger charge is -2.35. The Balaban J connectivity index is 4.00. The molecule has 0 amide bonds. The van der Waals surface area contributed by atoms with E-state index < -0.39 is 0 Å². The Morgan fingerprint density at radius 3 is 1.95 bits per heavy atom. The van der Waals surface area contributed by atoms with Crippen LogP contribution in [-0.4, -0.2) is 118 Å². The van der Waals surface area contributed by atoms with Crippen LogP contribution in [0.1, 0.15) is 0 Å². The normalized spacial score (nSPS) is 15.0. The van der Waals surface area contributed by atoms with Crippen LogP contribution in [0, 0.1) is 0 Å². The van der Waals surface area contributed by atoms with E-state index >= 15 is 0 Å². The average Bonchev–Trinajstić information content (AvgIpc) is 2.41. The van der Waals surface area contributed by atoms with Crippen LogP contribution in [0.3, 0.4) is 0 Å². The zero-order valence-corrected chi connectivity index (χ0v) is 13.8. The molecule has 0 aliphatic rings. The van der Waals surface area contributed by atoms with Gasteiger partial charge in [0.25, 0.3) is 0 Å². The minimum Gasteiger partial charge on any atom is -0.395 e. The van der Waals surface area contributed by atoms with Crippen LogP contribution in [0.25, 0.3) is 0 Å². The molecule has 0 aromatic carbocycles. The molecule has 6 nitrogen and oxygen atoms in total. The fourth-order valence-corrected chi connectivity index (χ4v) is 2.11. The lowest BCUT2D eigenvalue weighted by molar-refractivity contribution is -0.908. The first kappa shape index (κ1) is 19.8. The van der Waals surface area contributed by atoms with Gasteiger partial charge in [-0.3, -0.25) is 4.90 Å². The molecule has 1 unspecified atom stereocenters. The van der Waals surface area contributed by atoms with Crippen molar-refractivity contribution in [3.05, 3.63) is 0 Å². The van der Waals surface area contributed by atoms with Crippen LogP contribution in [0.15, 0.2) is 0 Å². The third kappa shape index (κ3) is 9.63. The van der Waals surface area contributed by atoms with Gasteiger partial charge in [-0.25, -0.2) is 0 Å². The van der Waals surface area contributed by atoms with Gasteiger partial charge >= 0.3 is 0 Å². The van der Waals surface area contributed by atoms with E-state index in [1.807, 2.05) is 14.1 Å². The van der Waals surface area contributed by atoms with Crippen LogP contribution in [-0.2, 0) is 0 Å². The molecule has 0 aliphatic heterocycles. The molecule has 0 heterocycles. The van der Waals surface area contributed by atoms with E-state index in [4.69, 9.17) is 5.11 Å². The second-order valence-electron chi connectivity index (χ2n) is 5.95. The van der Waals surface area contributed by atoms with E-state index in [1.165, 1.54) is 0 Å². The van der Waals surface area contributed by atoms with Gasteiger partial charge in [-0.1, -0.05) is 0 Å². The molecule has 0 aromatic heterocycles. The van der Waals surface area contributed by atoms with E-state index in [0.717, 1.165) is 56.8 Å². The van der Waals surface area contributed by atoms with E-state index in [0.29, 0.717) is 0 Å². The lowest BCUT2D eigenvalue weighted by atomic mass is 10.3. The Kier molecular flexibility index (Phi) is 11.3. The number of rotatable bonds is 13. The van der Waals surface area contributed by atoms with Crippen molar-refractivity contribution >= 4 is 0 Å². The fourth-order valence-electron chi connectivity index (χ4n) is 2.11. The van der Waals surface area contributed by atoms with Gasteiger partial charge in [-0.15, -0.1) is 0 Å². The number of aliphatic hydroxyl groups excluding tert-OH is 2. The van der Waals surface area contributed by atoms with Gasteiger partial charge in [0.2, 0.25) is 0 Å². The van der Waals surface area contributed by atoms with E-state index in [9.17, 15) is 5.11 Å². The van der Waals surface area contributed by atoms with Crippen LogP contribution in [0.4, 0.5) is 0 Å². The zero-order chi connectivity index (χ0) is 15.4. The Morgan fingerprint density at radius 2 is 1.45 bits per heavy atom. The molecule has 6 heteroatoms. The maximum absolute atomic E-state index is 9.22. The second-order valence-corrected chi connectivity index (χ2v) is 5.95. The molecule has 0 saturated heterocycles. The topological polar surface area (TPSA) is 59.0 Å². The summed E-state index contributed by atoms with van der Waals surface area (Å²) in [5.74, 6) is 0. The molecule has 20 heavy (non-hydrogen) atoms. The number of quaternary nitrogens is 1. The first-order chi connectivity index (χ1) is 9.47. The molecule has 0 bridgehead atoms. The number of likely N-dealkylation sites (N-methyl/N-ethyl adjacent to an activating group) is 4. The van der Waals surface area contributed by atoms with E-state index in [-0.39, 0.29) is 13.2 Å². The summed E-state index contributed by atoms with van der Waals surface area (Å²) < 4.78 is 0.897. The van der Waals surface area contributed by atoms with Crippen molar-refractivity contribution in [3.63, 3.8) is 0 Å². The highest BCUT2D eigenvalue weighted by Gasteiger charge is 2.20. The highest BCUT2D eigenvalue weighted by molar-refractivity contribution is 4.57. The third-order valence-corrected chi connectivity index (χ3v) is 3.91. The summed E-state index contributed by atoms with van der Waals surface area (Å²) in [6, 6.07) is 0. The van der Waals surface area contributed by atoms with Gasteiger partial charge in [0.05, 0.1) is 33.4 Å². The monoisotopic (exact) mass is 291 g/mol. The molecule has 0 fully saturated rings. The van der Waals surface area contributed by atoms with Crippen LogP contribution in [0.5, 0.6) is 0 Å². The predicted octanol–water partition coefficient (Wildman–Crippen LogP) is -1.50. The summed E-state index contributed by atoms with van der Waals surface area (Å²) in [7, 11) is 8.34. The summed E-state index contributed by atoms with van der Waals surface area (Å²) in [6.45, 7) is 8.04. The number of hydrogen-bond acceptors (Lipinski definition) is 5. The van der Waals surface area contributed by atoms with Crippen LogP contribution in [0.2, 0.25) is 0 Å². The maximum atomic E-state index is 9.22. The molecule has 0 rings (SSSR count). The summed E-state index contributed by atoms with van der Waals surface area (Å²) >= 11 is 0. The van der Waals surface area contributed by atoms with Crippen molar-refractivity contribution in [2.45, 2.75) is 0 Å². The molecule has 0 radical (unpaired) electrons. The Labute approximate surface area is 124 Å². The Bertz CT molecular complexity index is 231. The summed E-state index contributed by atoms with van der Waals surface area (Å²) in [6.07, 6.45) is 0. The SMILES string of the molecule is CNCC[N+](C)(CCO)CCN(C)CCN(C)CCO. The highest BCUT2D eigenvalue weighted by atomic mass is 16.3. The number of nitrogens with zero attached hydrogens (tertiary/aromatic N) is 3. The molecule has 1 atom stereocenters. The average molecular weight is 291 g/mol. The number of nitrogens with one attached hydrogen (secondary N) is 1. The maximum Gasteiger partial charge on any atom is 0.102 e. The summed E-state index contributed by atoms with van der Waals surface area (Å²) in [5.41, 5.74) is 0. The fraction of sp³-hybridized carbons (Fsp3) is 1.00. The van der Waals surface area contributed by atoms with E-state index in [2.05, 4.69) is 29.2 Å². The quantitative estimate of drug-likeness (QED) is 0.361. The van der Waals surface area contributed by atoms with Gasteiger partial charge in [0, 0.05) is 32.7 Å². The number of aliphatic hydroxyl groups is 2. The second kappa shape index (κ2) is 11.4. The minimum absolute atomic E-state index is 0.218. The van der Waals surface area contributed by atoms with Crippen LogP contribution >= 0.6 is 0 Å². The standard InChI is InChI=1S/C14H35N4O2/c1-15-5-10-18(4,12-14-20)11-8-16(2)6-7-17(3)9-13-19/h15,19-20H,5-14H2,1-4H3/q+1. The molecule has 0 saturated carbocycles. The van der Waals surface area contributed by atoms with Gasteiger partial charge in [-0.2, -0.15) is 0 Å². The molecule has 0 aromatic rings. The first-order valence-corrected chi connectivity index (χ1v) is 7.54. The van der Waals surface area contributed by atoms with Gasteiger partial charge in [0.1, 0.15) is 6.54 Å². The van der Waals surface area contributed by atoms with Gasteiger partial charge < -0.3 is 24.9 Å². The lowest BCUT2D eigenvalue weighted by Crippen LogP contribution is -2.52. The molecule has 0 spiro atoms. The molecule has 3 N–H and O–H groups in total. The van der Waals surface area contributed by atoms with Crippen molar-refractivity contribution in [2.24, 2.45) is 0 Å². The molecule has 0 aliphatic carbocycles. The molecular formula is C14H35N4O2+. The Morgan fingerprint density at radius 1 is 0.850 bits per heavy atom. The van der Waals surface area contributed by atoms with Crippen LogP contribution < -0.4 is 5.32 Å². The number of hydrogen-bond donors (Lipinski definition) is 3. The zero-order valence-electron chi connectivity index (χ0n) is 13.8. The van der Waals surface area contributed by atoms with E-state index in [1.54, 1.807) is 0 Å². The minimum atomic E-state index is 0.218. The smallest absolute Gasteiger partial charge is 0.102 e. The molecular weight excluding hydrogens is 256 g/mol. The third-order valence-electron chi connectivity index (χ3n) is 3.91. The first-order valence-electron chi connectivity index (χ1n) is 7.54. The highest BCUT2D eigenvalue weighted by Crippen LogP contribution is 2.01. The van der Waals surface area contributed by atoms with Crippen molar-refractivity contribution in [1.82, 2.24) is 15.1 Å². The predicted molar refractivity (Wildman–Crippen MR) is 83.9 cm³/mol. The van der Waals surface area contributed by atoms with Crippen molar-refractivity contribution in [1.29, 1.82) is 0 Å². The molecule has 122 valence electrons. The van der Waals surface area contributed by atoms with Gasteiger partial charge in [0.15, 0.2) is 0 Å². The van der Waals surface area contributed by atoms with Crippen molar-refractivity contribution < 1.29 is 14.7 Å². The summed E-state index contributed by atoms with van der Waals surface area (Å²) in [4.78, 5) is 4.46. The Hall–Kier alpha value is -0.240.